The van der Waals surface area contributed by atoms with Crippen LogP contribution in [0.2, 0.25) is 0 Å². The fourth-order valence-corrected chi connectivity index (χ4v) is 9.17. The van der Waals surface area contributed by atoms with E-state index in [0.29, 0.717) is 60.1 Å². The molecule has 0 aromatic rings. The van der Waals surface area contributed by atoms with Gasteiger partial charge in [0.05, 0.1) is 5.60 Å². The van der Waals surface area contributed by atoms with Gasteiger partial charge in [-0.15, -0.1) is 0 Å². The smallest absolute Gasteiger partial charge is 0.303 e. The molecule has 6 aliphatic rings. The average molecular weight is 399 g/mol. The molecule has 0 unspecified atom stereocenters. The molecule has 2 N–H and O–H groups in total. The lowest BCUT2D eigenvalue weighted by Crippen LogP contribution is -2.57. The summed E-state index contributed by atoms with van der Waals surface area (Å²) in [5.41, 5.74) is 0.531. The van der Waals surface area contributed by atoms with E-state index in [1.807, 2.05) is 6.08 Å². The van der Waals surface area contributed by atoms with Gasteiger partial charge in [-0.25, -0.2) is 0 Å². The number of ketones is 1. The predicted molar refractivity (Wildman–Crippen MR) is 108 cm³/mol. The van der Waals surface area contributed by atoms with E-state index in [4.69, 9.17) is 0 Å². The van der Waals surface area contributed by atoms with Crippen LogP contribution in [0, 0.1) is 52.8 Å². The summed E-state index contributed by atoms with van der Waals surface area (Å²) in [7, 11) is 0. The van der Waals surface area contributed by atoms with Gasteiger partial charge in [0.2, 0.25) is 0 Å². The maximum Gasteiger partial charge on any atom is 0.303 e. The Morgan fingerprint density at radius 1 is 1.17 bits per heavy atom. The Morgan fingerprint density at radius 2 is 1.97 bits per heavy atom. The zero-order valence-corrected chi connectivity index (χ0v) is 17.5. The van der Waals surface area contributed by atoms with Gasteiger partial charge in [0.15, 0.2) is 5.78 Å². The highest BCUT2D eigenvalue weighted by molar-refractivity contribution is 5.91. The van der Waals surface area contributed by atoms with Gasteiger partial charge >= 0.3 is 5.97 Å². The summed E-state index contributed by atoms with van der Waals surface area (Å²) in [6.07, 6.45) is 11.3. The first-order chi connectivity index (χ1) is 13.8. The van der Waals surface area contributed by atoms with E-state index in [1.54, 1.807) is 0 Å². The molecular formula is C25H34O4. The zero-order valence-electron chi connectivity index (χ0n) is 17.5. The fourth-order valence-electron chi connectivity index (χ4n) is 9.17. The first-order valence-electron chi connectivity index (χ1n) is 12.0. The average Bonchev–Trinajstić information content (AvgIpc) is 3.58. The highest BCUT2D eigenvalue weighted by atomic mass is 16.4. The van der Waals surface area contributed by atoms with E-state index in [-0.39, 0.29) is 11.8 Å². The highest BCUT2D eigenvalue weighted by Gasteiger charge is 2.76. The third-order valence-corrected chi connectivity index (χ3v) is 10.5. The Kier molecular flexibility index (Phi) is 3.82. The Labute approximate surface area is 173 Å². The third kappa shape index (κ3) is 2.47. The number of carbonyl (C=O) groups excluding carboxylic acids is 1. The number of carboxylic acids is 1. The molecule has 0 amide bonds. The number of fused-ring (bicyclic) bond motifs is 7. The maximum absolute atomic E-state index is 12.1. The molecular weight excluding hydrogens is 364 g/mol. The molecule has 0 spiro atoms. The van der Waals surface area contributed by atoms with Crippen molar-refractivity contribution in [2.75, 3.05) is 0 Å². The Hall–Kier alpha value is -1.16. The van der Waals surface area contributed by atoms with E-state index >= 15 is 0 Å². The molecule has 0 bridgehead atoms. The van der Waals surface area contributed by atoms with E-state index in [1.165, 1.54) is 18.4 Å². The van der Waals surface area contributed by atoms with Gasteiger partial charge in [-0.3, -0.25) is 9.59 Å². The molecule has 0 radical (unpaired) electrons. The Morgan fingerprint density at radius 3 is 2.69 bits per heavy atom. The molecule has 0 aromatic heterocycles. The van der Waals surface area contributed by atoms with E-state index < -0.39 is 11.6 Å². The summed E-state index contributed by atoms with van der Waals surface area (Å²) in [6, 6.07) is 0. The van der Waals surface area contributed by atoms with E-state index in [0.717, 1.165) is 38.0 Å². The summed E-state index contributed by atoms with van der Waals surface area (Å²) < 4.78 is 0. The number of carbonyl (C=O) groups is 2. The standard InChI is InChI=1S/C25H34O4/c1-24-8-6-17-16-5-4-15(26)10-14(16)11-18(13-2-3-13)22(17)23(24)19-12-20(19)25(24,29)9-7-21(27)28/h10,13,16-20,22-23,29H,2-9,11-12H2,1H3,(H,27,28)/t16-,17+,18+,19-,20+,22-,23-,24-,25-/m0/s1. The molecule has 5 saturated carbocycles. The van der Waals surface area contributed by atoms with Crippen LogP contribution in [0.15, 0.2) is 11.6 Å². The number of allylic oxidation sites excluding steroid dienone is 1. The van der Waals surface area contributed by atoms with Crippen LogP contribution >= 0.6 is 0 Å². The summed E-state index contributed by atoms with van der Waals surface area (Å²) >= 11 is 0. The van der Waals surface area contributed by atoms with Gasteiger partial charge < -0.3 is 10.2 Å². The second-order valence-corrected chi connectivity index (χ2v) is 11.6. The molecule has 5 fully saturated rings. The molecule has 0 saturated heterocycles. The van der Waals surface area contributed by atoms with Crippen molar-refractivity contribution in [3.8, 4) is 0 Å². The van der Waals surface area contributed by atoms with Gasteiger partial charge in [0.1, 0.15) is 0 Å². The van der Waals surface area contributed by atoms with Crippen LogP contribution < -0.4 is 0 Å². The number of hydrogen-bond donors (Lipinski definition) is 2. The van der Waals surface area contributed by atoms with Crippen molar-refractivity contribution in [2.45, 2.75) is 76.7 Å². The topological polar surface area (TPSA) is 74.6 Å². The van der Waals surface area contributed by atoms with Crippen molar-refractivity contribution in [1.29, 1.82) is 0 Å². The van der Waals surface area contributed by atoms with Crippen LogP contribution in [-0.4, -0.2) is 27.6 Å². The van der Waals surface area contributed by atoms with Gasteiger partial charge in [-0.1, -0.05) is 12.5 Å². The summed E-state index contributed by atoms with van der Waals surface area (Å²) in [5.74, 6) is 4.44. The predicted octanol–water partition coefficient (Wildman–Crippen LogP) is 4.22. The first kappa shape index (κ1) is 18.6. The van der Waals surface area contributed by atoms with Crippen molar-refractivity contribution in [2.24, 2.45) is 52.8 Å². The minimum absolute atomic E-state index is 0.0831. The first-order valence-corrected chi connectivity index (χ1v) is 12.0. The van der Waals surface area contributed by atoms with Crippen molar-refractivity contribution in [1.82, 2.24) is 0 Å². The fraction of sp³-hybridized carbons (Fsp3) is 0.840. The normalized spacial score (nSPS) is 52.7. The second-order valence-electron chi connectivity index (χ2n) is 11.6. The largest absolute Gasteiger partial charge is 0.481 e. The van der Waals surface area contributed by atoms with Crippen LogP contribution in [0.4, 0.5) is 0 Å². The van der Waals surface area contributed by atoms with Crippen LogP contribution in [0.25, 0.3) is 0 Å². The molecule has 158 valence electrons. The zero-order chi connectivity index (χ0) is 20.1. The number of aliphatic hydroxyl groups is 1. The maximum atomic E-state index is 12.1. The number of rotatable bonds is 4. The van der Waals surface area contributed by atoms with Crippen molar-refractivity contribution in [3.05, 3.63) is 11.6 Å². The SMILES string of the molecule is C[C@]12CC[C@H]3[C@H]([C@@H]1[C@H]1C[C@H]1[C@@]2(O)CCC(=O)O)[C@@H](C1CC1)CC1=CC(=O)CC[C@@H]13. The molecule has 29 heavy (non-hydrogen) atoms. The third-order valence-electron chi connectivity index (χ3n) is 10.5. The Balaban J connectivity index is 1.37. The van der Waals surface area contributed by atoms with Crippen LogP contribution in [0.3, 0.4) is 0 Å². The summed E-state index contributed by atoms with van der Waals surface area (Å²) in [4.78, 5) is 23.4. The quantitative estimate of drug-likeness (QED) is 0.744. The lowest BCUT2D eigenvalue weighted by atomic mass is 9.46. The van der Waals surface area contributed by atoms with Crippen molar-refractivity contribution >= 4 is 11.8 Å². The monoisotopic (exact) mass is 398 g/mol. The van der Waals surface area contributed by atoms with Gasteiger partial charge in [0, 0.05) is 12.8 Å². The lowest BCUT2D eigenvalue weighted by Gasteiger charge is -2.59. The lowest BCUT2D eigenvalue weighted by molar-refractivity contribution is -0.160. The second kappa shape index (κ2) is 5.96. The van der Waals surface area contributed by atoms with Crippen LogP contribution in [-0.2, 0) is 9.59 Å². The van der Waals surface area contributed by atoms with Crippen molar-refractivity contribution < 1.29 is 19.8 Å². The molecule has 6 aliphatic carbocycles. The highest BCUT2D eigenvalue weighted by Crippen LogP contribution is 2.77. The Bertz CT molecular complexity index is 797. The summed E-state index contributed by atoms with van der Waals surface area (Å²) in [5, 5.41) is 21.2. The van der Waals surface area contributed by atoms with E-state index in [2.05, 4.69) is 6.92 Å². The molecule has 0 aliphatic heterocycles. The molecule has 4 nitrogen and oxygen atoms in total. The van der Waals surface area contributed by atoms with Crippen molar-refractivity contribution in [3.63, 3.8) is 0 Å². The van der Waals surface area contributed by atoms with Crippen LogP contribution in [0.1, 0.15) is 71.1 Å². The molecule has 9 atom stereocenters. The minimum Gasteiger partial charge on any atom is -0.481 e. The van der Waals surface area contributed by atoms with Gasteiger partial charge in [-0.05, 0) is 110 Å². The van der Waals surface area contributed by atoms with Crippen LogP contribution in [0.5, 0.6) is 0 Å². The molecule has 0 aromatic carbocycles. The number of aliphatic carboxylic acids is 1. The number of hydrogen-bond acceptors (Lipinski definition) is 3. The van der Waals surface area contributed by atoms with Gasteiger partial charge in [0.25, 0.3) is 0 Å². The molecule has 6 rings (SSSR count). The summed E-state index contributed by atoms with van der Waals surface area (Å²) in [6.45, 7) is 2.31. The minimum atomic E-state index is -0.793. The molecule has 0 heterocycles. The van der Waals surface area contributed by atoms with E-state index in [9.17, 15) is 19.8 Å². The molecule has 4 heteroatoms. The number of carboxylic acid groups (broad SMARTS) is 1. The van der Waals surface area contributed by atoms with Gasteiger partial charge in [-0.2, -0.15) is 0 Å².